The molecule has 0 aromatic heterocycles. The maximum absolute atomic E-state index is 13.2. The minimum absolute atomic E-state index is 0.0409. The number of hydrogen-bond donors (Lipinski definition) is 1. The highest BCUT2D eigenvalue weighted by Crippen LogP contribution is 2.49. The van der Waals surface area contributed by atoms with Crippen LogP contribution in [0.25, 0.3) is 0 Å². The highest BCUT2D eigenvalue weighted by atomic mass is 19.1. The zero-order valence-corrected chi connectivity index (χ0v) is 15.7. The van der Waals surface area contributed by atoms with Crippen LogP contribution >= 0.6 is 0 Å². The molecule has 2 saturated carbocycles. The van der Waals surface area contributed by atoms with Gasteiger partial charge in [0, 0.05) is 24.7 Å². The quantitative estimate of drug-likeness (QED) is 0.880. The van der Waals surface area contributed by atoms with Crippen LogP contribution in [0.2, 0.25) is 0 Å². The zero-order chi connectivity index (χ0) is 19.3. The topological polar surface area (TPSA) is 49.4 Å². The van der Waals surface area contributed by atoms with Gasteiger partial charge in [-0.25, -0.2) is 4.39 Å². The fourth-order valence-corrected chi connectivity index (χ4v) is 4.20. The second kappa shape index (κ2) is 6.43. The molecule has 0 bridgehead atoms. The van der Waals surface area contributed by atoms with Gasteiger partial charge in [-0.3, -0.25) is 9.59 Å². The van der Waals surface area contributed by atoms with Crippen molar-refractivity contribution < 1.29 is 14.0 Å². The molecule has 0 atom stereocenters. The minimum Gasteiger partial charge on any atom is -0.338 e. The average molecular weight is 378 g/mol. The number of nitrogens with one attached hydrogen (secondary N) is 1. The van der Waals surface area contributed by atoms with E-state index in [0.717, 1.165) is 55.5 Å². The van der Waals surface area contributed by atoms with Crippen molar-refractivity contribution >= 4 is 17.5 Å². The third-order valence-electron chi connectivity index (χ3n) is 6.30. The predicted molar refractivity (Wildman–Crippen MR) is 104 cm³/mol. The number of nitrogens with zero attached hydrogens (tertiary/aromatic N) is 1. The van der Waals surface area contributed by atoms with Gasteiger partial charge < -0.3 is 10.2 Å². The van der Waals surface area contributed by atoms with Crippen LogP contribution in [-0.4, -0.2) is 23.3 Å². The highest BCUT2D eigenvalue weighted by Gasteiger charge is 2.51. The molecule has 2 aromatic rings. The van der Waals surface area contributed by atoms with Gasteiger partial charge in [0.25, 0.3) is 0 Å². The summed E-state index contributed by atoms with van der Waals surface area (Å²) in [5, 5.41) is 3.05. The molecule has 2 aromatic carbocycles. The zero-order valence-electron chi connectivity index (χ0n) is 15.7. The Morgan fingerprint density at radius 1 is 1.04 bits per heavy atom. The monoisotopic (exact) mass is 378 g/mol. The van der Waals surface area contributed by atoms with Crippen LogP contribution in [0.5, 0.6) is 0 Å². The molecule has 0 unspecified atom stereocenters. The fraction of sp³-hybridized carbons (Fsp3) is 0.391. The lowest BCUT2D eigenvalue weighted by molar-refractivity contribution is -0.133. The molecular formula is C23H23FN2O2. The normalized spacial score (nSPS) is 19.7. The molecule has 1 N–H and O–H groups in total. The van der Waals surface area contributed by atoms with E-state index in [1.54, 1.807) is 12.1 Å². The minimum atomic E-state index is -0.544. The Morgan fingerprint density at radius 2 is 1.79 bits per heavy atom. The predicted octanol–water partition coefficient (Wildman–Crippen LogP) is 3.79. The Kier molecular flexibility index (Phi) is 4.00. The molecule has 5 rings (SSSR count). The van der Waals surface area contributed by atoms with Crippen LogP contribution in [0.1, 0.15) is 42.4 Å². The summed E-state index contributed by atoms with van der Waals surface area (Å²) in [4.78, 5) is 27.3. The van der Waals surface area contributed by atoms with Gasteiger partial charge in [-0.05, 0) is 73.1 Å². The molecule has 28 heavy (non-hydrogen) atoms. The molecule has 144 valence electrons. The van der Waals surface area contributed by atoms with Crippen molar-refractivity contribution in [2.75, 3.05) is 11.9 Å². The number of carbonyl (C=O) groups is 2. The van der Waals surface area contributed by atoms with Crippen LogP contribution < -0.4 is 5.32 Å². The van der Waals surface area contributed by atoms with Crippen molar-refractivity contribution in [2.45, 2.75) is 44.1 Å². The van der Waals surface area contributed by atoms with Crippen LogP contribution in [0.15, 0.2) is 42.5 Å². The van der Waals surface area contributed by atoms with Crippen molar-refractivity contribution in [3.63, 3.8) is 0 Å². The Hall–Kier alpha value is -2.69. The first-order chi connectivity index (χ1) is 13.5. The number of rotatable bonds is 4. The summed E-state index contributed by atoms with van der Waals surface area (Å²) in [5.41, 5.74) is 3.45. The largest absolute Gasteiger partial charge is 0.338 e. The average Bonchev–Trinajstić information content (AvgIpc) is 3.61. The van der Waals surface area contributed by atoms with E-state index in [1.807, 2.05) is 17.0 Å². The van der Waals surface area contributed by atoms with E-state index < -0.39 is 5.41 Å². The summed E-state index contributed by atoms with van der Waals surface area (Å²) in [5.74, 6) is 0.170. The van der Waals surface area contributed by atoms with Crippen molar-refractivity contribution in [1.82, 2.24) is 4.90 Å². The van der Waals surface area contributed by atoms with Crippen LogP contribution in [0.3, 0.4) is 0 Å². The van der Waals surface area contributed by atoms with E-state index in [2.05, 4.69) is 11.4 Å². The number of amides is 2. The van der Waals surface area contributed by atoms with E-state index in [9.17, 15) is 14.0 Å². The SMILES string of the molecule is O=C(C1CC1)N1CCc2ccc(NC(=O)C3(c4ccc(F)cc4)CC3)cc2C1. The molecule has 4 nitrogen and oxygen atoms in total. The van der Waals surface area contributed by atoms with Gasteiger partial charge in [-0.1, -0.05) is 18.2 Å². The fourth-order valence-electron chi connectivity index (χ4n) is 4.20. The van der Waals surface area contributed by atoms with Crippen molar-refractivity contribution in [2.24, 2.45) is 5.92 Å². The first-order valence-corrected chi connectivity index (χ1v) is 10.0. The van der Waals surface area contributed by atoms with E-state index in [4.69, 9.17) is 0 Å². The molecule has 0 spiro atoms. The Bertz CT molecular complexity index is 946. The van der Waals surface area contributed by atoms with Gasteiger partial charge in [0.15, 0.2) is 0 Å². The Morgan fingerprint density at radius 3 is 2.46 bits per heavy atom. The Labute approximate surface area is 163 Å². The van der Waals surface area contributed by atoms with E-state index >= 15 is 0 Å². The molecule has 3 aliphatic rings. The summed E-state index contributed by atoms with van der Waals surface area (Å²) >= 11 is 0. The van der Waals surface area contributed by atoms with Crippen molar-refractivity contribution in [1.29, 1.82) is 0 Å². The van der Waals surface area contributed by atoms with Crippen LogP contribution in [-0.2, 0) is 28.0 Å². The van der Waals surface area contributed by atoms with Gasteiger partial charge in [0.2, 0.25) is 11.8 Å². The molecule has 0 saturated heterocycles. The summed E-state index contributed by atoms with van der Waals surface area (Å²) in [6.45, 7) is 1.40. The first kappa shape index (κ1) is 17.4. The molecule has 1 aliphatic heterocycles. The standard InChI is InChI=1S/C23H23FN2O2/c24-19-6-4-18(5-7-19)23(10-11-23)22(28)25-20-8-3-15-9-12-26(14-17(15)13-20)21(27)16-1-2-16/h3-8,13,16H,1-2,9-12,14H2,(H,25,28). The van der Waals surface area contributed by atoms with Gasteiger partial charge in [0.05, 0.1) is 5.41 Å². The lowest BCUT2D eigenvalue weighted by atomic mass is 9.94. The number of benzene rings is 2. The second-order valence-electron chi connectivity index (χ2n) is 8.31. The lowest BCUT2D eigenvalue weighted by Gasteiger charge is -2.29. The lowest BCUT2D eigenvalue weighted by Crippen LogP contribution is -2.37. The molecule has 0 radical (unpaired) electrons. The molecule has 2 fully saturated rings. The third-order valence-corrected chi connectivity index (χ3v) is 6.30. The number of carbonyl (C=O) groups excluding carboxylic acids is 2. The maximum Gasteiger partial charge on any atom is 0.235 e. The summed E-state index contributed by atoms with van der Waals surface area (Å²) in [7, 11) is 0. The van der Waals surface area contributed by atoms with Gasteiger partial charge in [0.1, 0.15) is 5.82 Å². The van der Waals surface area contributed by atoms with E-state index in [1.165, 1.54) is 17.7 Å². The van der Waals surface area contributed by atoms with Crippen LogP contribution in [0.4, 0.5) is 10.1 Å². The molecule has 5 heteroatoms. The number of halogens is 1. The Balaban J connectivity index is 1.32. The number of fused-ring (bicyclic) bond motifs is 1. The van der Waals surface area contributed by atoms with Crippen LogP contribution in [0, 0.1) is 11.7 Å². The summed E-state index contributed by atoms with van der Waals surface area (Å²) in [6.07, 6.45) is 4.45. The third kappa shape index (κ3) is 3.09. The van der Waals surface area contributed by atoms with Crippen molar-refractivity contribution in [3.8, 4) is 0 Å². The van der Waals surface area contributed by atoms with Gasteiger partial charge in [-0.2, -0.15) is 0 Å². The summed E-state index contributed by atoms with van der Waals surface area (Å²) in [6, 6.07) is 12.2. The summed E-state index contributed by atoms with van der Waals surface area (Å²) < 4.78 is 13.2. The maximum atomic E-state index is 13.2. The number of anilines is 1. The second-order valence-corrected chi connectivity index (χ2v) is 8.31. The molecule has 2 aliphatic carbocycles. The smallest absolute Gasteiger partial charge is 0.235 e. The van der Waals surface area contributed by atoms with Gasteiger partial charge in [-0.15, -0.1) is 0 Å². The molecule has 1 heterocycles. The molecule has 2 amide bonds. The van der Waals surface area contributed by atoms with E-state index in [0.29, 0.717) is 6.54 Å². The number of hydrogen-bond acceptors (Lipinski definition) is 2. The molecular weight excluding hydrogens is 355 g/mol. The van der Waals surface area contributed by atoms with Gasteiger partial charge >= 0.3 is 0 Å². The van der Waals surface area contributed by atoms with Crippen molar-refractivity contribution in [3.05, 3.63) is 65.0 Å². The van der Waals surface area contributed by atoms with E-state index in [-0.39, 0.29) is 23.5 Å². The highest BCUT2D eigenvalue weighted by molar-refractivity contribution is 6.01. The first-order valence-electron chi connectivity index (χ1n) is 10.0.